The molecule has 102 valence electrons. The molecule has 2 aliphatic heterocycles. The number of ketones is 1. The van der Waals surface area contributed by atoms with Crippen molar-refractivity contribution in [2.24, 2.45) is 11.7 Å². The van der Waals surface area contributed by atoms with Gasteiger partial charge in [-0.1, -0.05) is 12.1 Å². The minimum Gasteiger partial charge on any atom is -0.366 e. The molecule has 3 rings (SSSR count). The Morgan fingerprint density at radius 2 is 2.00 bits per heavy atom. The van der Waals surface area contributed by atoms with Crippen LogP contribution in [0.1, 0.15) is 43.0 Å². The van der Waals surface area contributed by atoms with Crippen LogP contribution in [-0.2, 0) is 0 Å². The summed E-state index contributed by atoms with van der Waals surface area (Å²) in [5.74, 6) is 0.829. The number of piperidine rings is 1. The number of hydrogen-bond donors (Lipinski definition) is 1. The molecule has 0 aliphatic carbocycles. The Morgan fingerprint density at radius 1 is 1.32 bits per heavy atom. The molecule has 0 spiro atoms. The van der Waals surface area contributed by atoms with Crippen LogP contribution in [-0.4, -0.2) is 24.4 Å². The van der Waals surface area contributed by atoms with Crippen LogP contribution in [0.15, 0.2) is 24.3 Å². The molecule has 2 bridgehead atoms. The molecular formula is C16H22N2O. The summed E-state index contributed by atoms with van der Waals surface area (Å²) in [4.78, 5) is 14.1. The second-order valence-corrected chi connectivity index (χ2v) is 5.97. The predicted molar refractivity (Wildman–Crippen MR) is 77.5 cm³/mol. The minimum atomic E-state index is 0.144. The lowest BCUT2D eigenvalue weighted by Crippen LogP contribution is -2.44. The van der Waals surface area contributed by atoms with E-state index in [2.05, 4.69) is 17.0 Å². The lowest BCUT2D eigenvalue weighted by atomic mass is 9.90. The highest BCUT2D eigenvalue weighted by Gasteiger charge is 2.40. The molecule has 0 aromatic heterocycles. The van der Waals surface area contributed by atoms with Crippen molar-refractivity contribution < 1.29 is 4.79 Å². The fourth-order valence-corrected chi connectivity index (χ4v) is 3.79. The summed E-state index contributed by atoms with van der Waals surface area (Å²) in [6.45, 7) is 2.45. The van der Waals surface area contributed by atoms with E-state index in [-0.39, 0.29) is 5.78 Å². The number of carbonyl (C=O) groups is 1. The second-order valence-electron chi connectivity index (χ2n) is 5.97. The van der Waals surface area contributed by atoms with Crippen molar-refractivity contribution >= 4 is 11.5 Å². The maximum absolute atomic E-state index is 11.5. The van der Waals surface area contributed by atoms with Crippen LogP contribution >= 0.6 is 0 Å². The predicted octanol–water partition coefficient (Wildman–Crippen LogP) is 2.60. The van der Waals surface area contributed by atoms with Gasteiger partial charge in [-0.2, -0.15) is 0 Å². The fraction of sp³-hybridized carbons (Fsp3) is 0.562. The first-order chi connectivity index (χ1) is 9.19. The van der Waals surface area contributed by atoms with Crippen molar-refractivity contribution in [3.63, 3.8) is 0 Å². The van der Waals surface area contributed by atoms with Gasteiger partial charge >= 0.3 is 0 Å². The number of carbonyl (C=O) groups excluding carboxylic acids is 1. The molecule has 1 aromatic carbocycles. The van der Waals surface area contributed by atoms with E-state index in [4.69, 9.17) is 5.73 Å². The zero-order chi connectivity index (χ0) is 13.4. The van der Waals surface area contributed by atoms with E-state index in [0.717, 1.165) is 12.1 Å². The van der Waals surface area contributed by atoms with Crippen molar-refractivity contribution in [2.45, 2.75) is 44.7 Å². The lowest BCUT2D eigenvalue weighted by Gasteiger charge is -2.40. The summed E-state index contributed by atoms with van der Waals surface area (Å²) in [5, 5.41) is 0. The highest BCUT2D eigenvalue weighted by Crippen LogP contribution is 2.41. The molecule has 2 aliphatic rings. The average molecular weight is 258 g/mol. The van der Waals surface area contributed by atoms with Gasteiger partial charge in [-0.05, 0) is 57.2 Å². The van der Waals surface area contributed by atoms with E-state index in [0.29, 0.717) is 18.0 Å². The zero-order valence-electron chi connectivity index (χ0n) is 11.5. The van der Waals surface area contributed by atoms with Crippen molar-refractivity contribution in [3.8, 4) is 0 Å². The van der Waals surface area contributed by atoms with Crippen molar-refractivity contribution in [2.75, 3.05) is 11.4 Å². The Morgan fingerprint density at radius 3 is 2.58 bits per heavy atom. The smallest absolute Gasteiger partial charge is 0.159 e. The third-order valence-corrected chi connectivity index (χ3v) is 4.71. The van der Waals surface area contributed by atoms with Crippen LogP contribution in [0.25, 0.3) is 0 Å². The van der Waals surface area contributed by atoms with Gasteiger partial charge in [0.2, 0.25) is 0 Å². The first-order valence-electron chi connectivity index (χ1n) is 7.28. The van der Waals surface area contributed by atoms with Gasteiger partial charge in [-0.3, -0.25) is 4.79 Å². The number of Topliss-reactive ketones (excluding diaryl/α,β-unsaturated/α-hetero) is 1. The Kier molecular flexibility index (Phi) is 3.31. The highest BCUT2D eigenvalue weighted by molar-refractivity contribution is 5.95. The molecule has 2 atom stereocenters. The summed E-state index contributed by atoms with van der Waals surface area (Å²) in [5.41, 5.74) is 7.88. The molecule has 0 radical (unpaired) electrons. The van der Waals surface area contributed by atoms with Gasteiger partial charge < -0.3 is 10.6 Å². The highest BCUT2D eigenvalue weighted by atomic mass is 16.1. The fourth-order valence-electron chi connectivity index (χ4n) is 3.79. The van der Waals surface area contributed by atoms with Crippen LogP contribution in [0.4, 0.5) is 5.69 Å². The average Bonchev–Trinajstić information content (AvgIpc) is 2.69. The maximum Gasteiger partial charge on any atom is 0.159 e. The largest absolute Gasteiger partial charge is 0.366 e. The van der Waals surface area contributed by atoms with Crippen molar-refractivity contribution in [1.29, 1.82) is 0 Å². The molecule has 19 heavy (non-hydrogen) atoms. The summed E-state index contributed by atoms with van der Waals surface area (Å²) >= 11 is 0. The Balaban J connectivity index is 1.87. The maximum atomic E-state index is 11.5. The Hall–Kier alpha value is -1.35. The molecule has 2 unspecified atom stereocenters. The molecule has 1 aromatic rings. The summed E-state index contributed by atoms with van der Waals surface area (Å²) in [6, 6.07) is 9.33. The molecule has 3 heteroatoms. The molecule has 2 fully saturated rings. The molecule has 3 nitrogen and oxygen atoms in total. The van der Waals surface area contributed by atoms with Gasteiger partial charge in [0.15, 0.2) is 5.78 Å². The topological polar surface area (TPSA) is 46.3 Å². The number of nitrogens with two attached hydrogens (primary N) is 1. The summed E-state index contributed by atoms with van der Waals surface area (Å²) < 4.78 is 0. The Bertz CT molecular complexity index is 471. The van der Waals surface area contributed by atoms with E-state index >= 15 is 0 Å². The molecule has 2 heterocycles. The van der Waals surface area contributed by atoms with Gasteiger partial charge in [0.25, 0.3) is 0 Å². The van der Waals surface area contributed by atoms with Crippen LogP contribution in [0.3, 0.4) is 0 Å². The third-order valence-electron chi connectivity index (χ3n) is 4.71. The van der Waals surface area contributed by atoms with Gasteiger partial charge in [-0.15, -0.1) is 0 Å². The van der Waals surface area contributed by atoms with Gasteiger partial charge in [0.05, 0.1) is 0 Å². The molecule has 0 saturated carbocycles. The summed E-state index contributed by atoms with van der Waals surface area (Å²) in [7, 11) is 0. The van der Waals surface area contributed by atoms with Crippen molar-refractivity contribution in [3.05, 3.63) is 29.8 Å². The van der Waals surface area contributed by atoms with Crippen LogP contribution in [0.5, 0.6) is 0 Å². The second kappa shape index (κ2) is 4.97. The monoisotopic (exact) mass is 258 g/mol. The lowest BCUT2D eigenvalue weighted by molar-refractivity contribution is 0.101. The van der Waals surface area contributed by atoms with Gasteiger partial charge in [-0.25, -0.2) is 0 Å². The van der Waals surface area contributed by atoms with Gasteiger partial charge in [0.1, 0.15) is 0 Å². The number of benzene rings is 1. The molecule has 0 amide bonds. The molecule has 2 N–H and O–H groups in total. The van der Waals surface area contributed by atoms with E-state index < -0.39 is 0 Å². The minimum absolute atomic E-state index is 0.144. The third kappa shape index (κ3) is 2.27. The van der Waals surface area contributed by atoms with E-state index in [9.17, 15) is 4.79 Å². The number of fused-ring (bicyclic) bond motifs is 2. The first-order valence-corrected chi connectivity index (χ1v) is 7.28. The SMILES string of the molecule is CC(=O)c1cccc(N2C3CCC2CC(CN)C3)c1. The Labute approximate surface area is 114 Å². The van der Waals surface area contributed by atoms with Gasteiger partial charge in [0, 0.05) is 23.3 Å². The number of nitrogens with zero attached hydrogens (tertiary/aromatic N) is 1. The molecular weight excluding hydrogens is 236 g/mol. The quantitative estimate of drug-likeness (QED) is 0.848. The normalized spacial score (nSPS) is 29.6. The van der Waals surface area contributed by atoms with Crippen molar-refractivity contribution in [1.82, 2.24) is 0 Å². The van der Waals surface area contributed by atoms with Crippen LogP contribution in [0, 0.1) is 5.92 Å². The van der Waals surface area contributed by atoms with E-state index in [1.54, 1.807) is 6.92 Å². The standard InChI is InChI=1S/C16H22N2O/c1-11(19)13-3-2-4-14(9-13)18-15-5-6-16(18)8-12(7-15)10-17/h2-4,9,12,15-16H,5-8,10,17H2,1H3. The van der Waals surface area contributed by atoms with Crippen LogP contribution in [0.2, 0.25) is 0 Å². The number of anilines is 1. The first kappa shape index (κ1) is 12.7. The van der Waals surface area contributed by atoms with Crippen LogP contribution < -0.4 is 10.6 Å². The number of rotatable bonds is 3. The van der Waals surface area contributed by atoms with E-state index in [1.807, 2.05) is 12.1 Å². The van der Waals surface area contributed by atoms with E-state index in [1.165, 1.54) is 31.4 Å². The number of hydrogen-bond acceptors (Lipinski definition) is 3. The summed E-state index contributed by atoms with van der Waals surface area (Å²) in [6.07, 6.45) is 4.95. The molecule has 2 saturated heterocycles. The zero-order valence-corrected chi connectivity index (χ0v) is 11.5.